The third-order valence-electron chi connectivity index (χ3n) is 4.22. The Morgan fingerprint density at radius 1 is 1.17 bits per heavy atom. The number of nitriles is 1. The molecular weight excluding hydrogens is 335 g/mol. The van der Waals surface area contributed by atoms with E-state index in [9.17, 15) is 5.26 Å². The molecule has 120 valence electrons. The van der Waals surface area contributed by atoms with Gasteiger partial charge in [0.1, 0.15) is 11.7 Å². The van der Waals surface area contributed by atoms with E-state index in [0.29, 0.717) is 21.3 Å². The van der Waals surface area contributed by atoms with Crippen molar-refractivity contribution in [2.75, 3.05) is 4.90 Å². The van der Waals surface area contributed by atoms with Crippen LogP contribution < -0.4 is 16.4 Å². The Morgan fingerprint density at radius 2 is 1.87 bits per heavy atom. The topological polar surface area (TPSA) is 104 Å². The number of hydrogen-bond donors (Lipinski definition) is 2. The molecule has 4 N–H and O–H groups in total. The molecule has 0 amide bonds. The first-order valence-corrected chi connectivity index (χ1v) is 8.11. The van der Waals surface area contributed by atoms with E-state index in [0.717, 1.165) is 32.1 Å². The summed E-state index contributed by atoms with van der Waals surface area (Å²) in [6, 6.07) is 5.28. The second-order valence-electron chi connectivity index (χ2n) is 5.71. The molecule has 1 aliphatic heterocycles. The molecule has 0 aromatic heterocycles. The van der Waals surface area contributed by atoms with E-state index in [2.05, 4.69) is 16.1 Å². The summed E-state index contributed by atoms with van der Waals surface area (Å²) in [5.74, 6) is 0.351. The maximum atomic E-state index is 9.49. The lowest BCUT2D eigenvalue weighted by atomic mass is 9.87. The second-order valence-corrected chi connectivity index (χ2v) is 6.56. The molecule has 1 aromatic carbocycles. The summed E-state index contributed by atoms with van der Waals surface area (Å²) in [5.41, 5.74) is 12.2. The fraction of sp³-hybridized carbons (Fsp3) is 0.400. The van der Waals surface area contributed by atoms with Gasteiger partial charge in [-0.2, -0.15) is 10.3 Å². The number of aliphatic imine (C=N–C) groups is 2. The number of anilines is 1. The lowest BCUT2D eigenvalue weighted by Crippen LogP contribution is -2.58. The number of rotatable bonds is 1. The van der Waals surface area contributed by atoms with Crippen LogP contribution in [0.25, 0.3) is 0 Å². The molecule has 2 aliphatic rings. The highest BCUT2D eigenvalue weighted by Crippen LogP contribution is 2.43. The van der Waals surface area contributed by atoms with Crippen molar-refractivity contribution in [2.45, 2.75) is 37.8 Å². The van der Waals surface area contributed by atoms with Crippen molar-refractivity contribution in [2.24, 2.45) is 21.5 Å². The molecule has 0 bridgehead atoms. The molecule has 0 saturated heterocycles. The van der Waals surface area contributed by atoms with E-state index in [1.54, 1.807) is 17.0 Å². The fourth-order valence-electron chi connectivity index (χ4n) is 3.32. The number of halogens is 2. The van der Waals surface area contributed by atoms with E-state index in [4.69, 9.17) is 34.7 Å². The van der Waals surface area contributed by atoms with Gasteiger partial charge in [-0.25, -0.2) is 4.99 Å². The first kappa shape index (κ1) is 15.9. The SMILES string of the molecule is N#Cc1cc(Cl)cc(Cl)c1N1C(N)=NC(N)=NC12CCCCC2. The van der Waals surface area contributed by atoms with E-state index in [-0.39, 0.29) is 11.9 Å². The highest BCUT2D eigenvalue weighted by Gasteiger charge is 2.44. The molecule has 1 saturated carbocycles. The maximum absolute atomic E-state index is 9.49. The third kappa shape index (κ3) is 2.71. The summed E-state index contributed by atoms with van der Waals surface area (Å²) in [7, 11) is 0. The van der Waals surface area contributed by atoms with Crippen LogP contribution in [0.15, 0.2) is 22.1 Å². The molecule has 1 spiro atoms. The van der Waals surface area contributed by atoms with Gasteiger partial charge in [0.2, 0.25) is 11.9 Å². The zero-order chi connectivity index (χ0) is 16.6. The Hall–Kier alpha value is -1.97. The summed E-state index contributed by atoms with van der Waals surface area (Å²) in [6.07, 6.45) is 4.66. The van der Waals surface area contributed by atoms with Gasteiger partial charge in [-0.1, -0.05) is 29.6 Å². The van der Waals surface area contributed by atoms with Crippen LogP contribution in [0, 0.1) is 11.3 Å². The summed E-state index contributed by atoms with van der Waals surface area (Å²) in [4.78, 5) is 10.4. The quantitative estimate of drug-likeness (QED) is 0.812. The molecule has 0 radical (unpaired) electrons. The normalized spacial score (nSPS) is 20.0. The minimum atomic E-state index is -0.642. The lowest BCUT2D eigenvalue weighted by Gasteiger charge is -2.46. The van der Waals surface area contributed by atoms with E-state index < -0.39 is 5.66 Å². The average Bonchev–Trinajstić information content (AvgIpc) is 2.49. The standard InChI is InChI=1S/C15H16Cl2N6/c16-10-6-9(8-18)12(11(17)7-10)23-14(20)21-13(19)22-15(23)4-2-1-3-5-15/h6-7H,1-5H2,(H4,19,20,21,22). The van der Waals surface area contributed by atoms with Gasteiger partial charge in [-0.15, -0.1) is 0 Å². The van der Waals surface area contributed by atoms with Gasteiger partial charge in [0, 0.05) is 5.02 Å². The molecule has 0 unspecified atom stereocenters. The van der Waals surface area contributed by atoms with Gasteiger partial charge < -0.3 is 11.5 Å². The van der Waals surface area contributed by atoms with Gasteiger partial charge in [0.05, 0.1) is 16.3 Å². The van der Waals surface area contributed by atoms with Crippen LogP contribution in [0.1, 0.15) is 37.7 Å². The number of benzene rings is 1. The molecule has 8 heteroatoms. The van der Waals surface area contributed by atoms with Gasteiger partial charge >= 0.3 is 0 Å². The number of guanidine groups is 2. The predicted octanol–water partition coefficient (Wildman–Crippen LogP) is 2.97. The van der Waals surface area contributed by atoms with Crippen molar-refractivity contribution >= 4 is 40.8 Å². The molecule has 23 heavy (non-hydrogen) atoms. The molecule has 6 nitrogen and oxygen atoms in total. The van der Waals surface area contributed by atoms with Crippen LogP contribution in [-0.4, -0.2) is 17.6 Å². The predicted molar refractivity (Wildman–Crippen MR) is 92.7 cm³/mol. The third-order valence-corrected chi connectivity index (χ3v) is 4.73. The van der Waals surface area contributed by atoms with Crippen LogP contribution in [0.4, 0.5) is 5.69 Å². The van der Waals surface area contributed by atoms with Crippen LogP contribution in [0.2, 0.25) is 10.0 Å². The van der Waals surface area contributed by atoms with Crippen molar-refractivity contribution in [1.29, 1.82) is 5.26 Å². The molecule has 1 aromatic rings. The van der Waals surface area contributed by atoms with Gasteiger partial charge in [0.15, 0.2) is 0 Å². The molecule has 3 rings (SSSR count). The number of hydrogen-bond acceptors (Lipinski definition) is 6. The second kappa shape index (κ2) is 5.91. The van der Waals surface area contributed by atoms with Gasteiger partial charge in [-0.05, 0) is 37.8 Å². The van der Waals surface area contributed by atoms with Crippen molar-refractivity contribution in [3.8, 4) is 6.07 Å². The smallest absolute Gasteiger partial charge is 0.220 e. The summed E-state index contributed by atoms with van der Waals surface area (Å²) < 4.78 is 0. The Morgan fingerprint density at radius 3 is 2.52 bits per heavy atom. The first-order chi connectivity index (χ1) is 11.0. The zero-order valence-electron chi connectivity index (χ0n) is 12.4. The van der Waals surface area contributed by atoms with E-state index >= 15 is 0 Å². The van der Waals surface area contributed by atoms with Crippen molar-refractivity contribution < 1.29 is 0 Å². The molecule has 1 heterocycles. The minimum absolute atomic E-state index is 0.157. The Balaban J connectivity index is 2.21. The first-order valence-electron chi connectivity index (χ1n) is 7.36. The summed E-state index contributed by atoms with van der Waals surface area (Å²) in [6.45, 7) is 0. The van der Waals surface area contributed by atoms with Crippen LogP contribution in [-0.2, 0) is 0 Å². The zero-order valence-corrected chi connectivity index (χ0v) is 13.9. The van der Waals surface area contributed by atoms with Crippen LogP contribution >= 0.6 is 23.2 Å². The van der Waals surface area contributed by atoms with Gasteiger partial charge in [-0.3, -0.25) is 4.90 Å². The monoisotopic (exact) mass is 350 g/mol. The van der Waals surface area contributed by atoms with Crippen molar-refractivity contribution in [3.63, 3.8) is 0 Å². The average molecular weight is 351 g/mol. The lowest BCUT2D eigenvalue weighted by molar-refractivity contribution is 0.305. The fourth-order valence-corrected chi connectivity index (χ4v) is 3.90. The largest absolute Gasteiger partial charge is 0.369 e. The molecule has 0 atom stereocenters. The van der Waals surface area contributed by atoms with E-state index in [1.807, 2.05) is 0 Å². The van der Waals surface area contributed by atoms with Crippen molar-refractivity contribution in [3.05, 3.63) is 27.7 Å². The minimum Gasteiger partial charge on any atom is -0.369 e. The summed E-state index contributed by atoms with van der Waals surface area (Å²) >= 11 is 12.4. The number of nitrogens with two attached hydrogens (primary N) is 2. The molecular formula is C15H16Cl2N6. The van der Waals surface area contributed by atoms with E-state index in [1.165, 1.54) is 0 Å². The van der Waals surface area contributed by atoms with Crippen LogP contribution in [0.5, 0.6) is 0 Å². The number of nitrogens with zero attached hydrogens (tertiary/aromatic N) is 4. The van der Waals surface area contributed by atoms with Crippen LogP contribution in [0.3, 0.4) is 0 Å². The summed E-state index contributed by atoms with van der Waals surface area (Å²) in [5, 5.41) is 10.2. The highest BCUT2D eigenvalue weighted by atomic mass is 35.5. The Labute approximate surface area is 144 Å². The van der Waals surface area contributed by atoms with Crippen molar-refractivity contribution in [1.82, 2.24) is 0 Å². The van der Waals surface area contributed by atoms with Gasteiger partial charge in [0.25, 0.3) is 0 Å². The Kier molecular flexibility index (Phi) is 4.09. The Bertz CT molecular complexity index is 743. The molecule has 1 aliphatic carbocycles. The molecule has 1 fully saturated rings. The maximum Gasteiger partial charge on any atom is 0.220 e. The highest BCUT2D eigenvalue weighted by molar-refractivity contribution is 6.37.